The van der Waals surface area contributed by atoms with Crippen molar-refractivity contribution >= 4 is 0 Å². The summed E-state index contributed by atoms with van der Waals surface area (Å²) >= 11 is 0. The predicted molar refractivity (Wildman–Crippen MR) is 58.2 cm³/mol. The molecule has 0 saturated carbocycles. The van der Waals surface area contributed by atoms with Gasteiger partial charge in [-0.1, -0.05) is 26.0 Å². The summed E-state index contributed by atoms with van der Waals surface area (Å²) in [6.07, 6.45) is -10.2. The van der Waals surface area contributed by atoms with Crippen LogP contribution in [0.15, 0.2) is 18.2 Å². The zero-order chi connectivity index (χ0) is 15.0. The van der Waals surface area contributed by atoms with Gasteiger partial charge >= 0.3 is 12.4 Å². The number of hydrogen-bond acceptors (Lipinski definition) is 1. The van der Waals surface area contributed by atoms with Crippen LogP contribution in [-0.2, 0) is 12.4 Å². The van der Waals surface area contributed by atoms with Crippen molar-refractivity contribution in [1.29, 1.82) is 0 Å². The Balaban J connectivity index is 3.58. The molecule has 1 atom stereocenters. The molecule has 19 heavy (non-hydrogen) atoms. The summed E-state index contributed by atoms with van der Waals surface area (Å²) in [7, 11) is 0. The van der Waals surface area contributed by atoms with E-state index in [-0.39, 0.29) is 0 Å². The van der Waals surface area contributed by atoms with Crippen LogP contribution >= 0.6 is 0 Å². The molecule has 0 bridgehead atoms. The standard InChI is InChI=1S/C12H13F6N/c1-6(2)10(19)7-4-3-5-8(11(13,14)15)9(7)12(16,17)18/h3-6,10H,19H2,1-2H3. The molecule has 0 aliphatic rings. The Labute approximate surface area is 106 Å². The molecule has 108 valence electrons. The molecule has 0 aliphatic heterocycles. The van der Waals surface area contributed by atoms with Crippen LogP contribution in [0.4, 0.5) is 26.3 Å². The van der Waals surface area contributed by atoms with Crippen molar-refractivity contribution in [2.24, 2.45) is 11.7 Å². The van der Waals surface area contributed by atoms with Crippen LogP contribution in [0.25, 0.3) is 0 Å². The lowest BCUT2D eigenvalue weighted by Crippen LogP contribution is -2.25. The molecular formula is C12H13F6N. The summed E-state index contributed by atoms with van der Waals surface area (Å²) < 4.78 is 76.8. The minimum absolute atomic E-state index is 0.412. The number of alkyl halides is 6. The normalized spacial score (nSPS) is 14.8. The fraction of sp³-hybridized carbons (Fsp3) is 0.500. The number of hydrogen-bond donors (Lipinski definition) is 1. The predicted octanol–water partition coefficient (Wildman–Crippen LogP) is 4.38. The Morgan fingerprint density at radius 3 is 1.84 bits per heavy atom. The van der Waals surface area contributed by atoms with Crippen molar-refractivity contribution in [1.82, 2.24) is 0 Å². The Kier molecular flexibility index (Phi) is 4.19. The van der Waals surface area contributed by atoms with E-state index in [0.29, 0.717) is 6.07 Å². The summed E-state index contributed by atoms with van der Waals surface area (Å²) in [5.41, 5.74) is 1.66. The maximum atomic E-state index is 12.9. The lowest BCUT2D eigenvalue weighted by Gasteiger charge is -2.24. The van der Waals surface area contributed by atoms with Crippen molar-refractivity contribution in [3.05, 3.63) is 34.9 Å². The summed E-state index contributed by atoms with van der Waals surface area (Å²) in [4.78, 5) is 0. The fourth-order valence-corrected chi connectivity index (χ4v) is 1.76. The average Bonchev–Trinajstić information content (AvgIpc) is 2.24. The van der Waals surface area contributed by atoms with Crippen LogP contribution in [-0.4, -0.2) is 0 Å². The van der Waals surface area contributed by atoms with E-state index in [2.05, 4.69) is 0 Å². The molecule has 1 rings (SSSR count). The van der Waals surface area contributed by atoms with E-state index in [9.17, 15) is 26.3 Å². The second-order valence-corrected chi connectivity index (χ2v) is 4.54. The third kappa shape index (κ3) is 3.40. The van der Waals surface area contributed by atoms with Gasteiger partial charge in [0.25, 0.3) is 0 Å². The monoisotopic (exact) mass is 285 g/mol. The second kappa shape index (κ2) is 5.03. The van der Waals surface area contributed by atoms with Gasteiger partial charge in [-0.05, 0) is 17.5 Å². The summed E-state index contributed by atoms with van der Waals surface area (Å²) in [6, 6.07) is 1.23. The highest BCUT2D eigenvalue weighted by Crippen LogP contribution is 2.43. The molecule has 1 unspecified atom stereocenters. The first-order valence-electron chi connectivity index (χ1n) is 5.49. The van der Waals surface area contributed by atoms with Gasteiger partial charge in [0.2, 0.25) is 0 Å². The summed E-state index contributed by atoms with van der Waals surface area (Å²) in [5.74, 6) is -0.412. The van der Waals surface area contributed by atoms with Gasteiger partial charge in [-0.2, -0.15) is 26.3 Å². The van der Waals surface area contributed by atoms with Crippen LogP contribution in [0, 0.1) is 5.92 Å². The number of halogens is 6. The molecule has 0 radical (unpaired) electrons. The zero-order valence-electron chi connectivity index (χ0n) is 10.2. The SMILES string of the molecule is CC(C)C(N)c1cccc(C(F)(F)F)c1C(F)(F)F. The first kappa shape index (κ1) is 15.8. The summed E-state index contributed by atoms with van der Waals surface area (Å²) in [5, 5.41) is 0. The molecule has 2 N–H and O–H groups in total. The Bertz CT molecular complexity index is 447. The van der Waals surface area contributed by atoms with E-state index in [0.717, 1.165) is 12.1 Å². The highest BCUT2D eigenvalue weighted by atomic mass is 19.4. The van der Waals surface area contributed by atoms with Gasteiger partial charge in [0.15, 0.2) is 0 Å². The molecule has 0 aliphatic carbocycles. The van der Waals surface area contributed by atoms with E-state index < -0.39 is 41.0 Å². The van der Waals surface area contributed by atoms with Crippen molar-refractivity contribution in [2.45, 2.75) is 32.2 Å². The minimum atomic E-state index is -5.10. The first-order valence-corrected chi connectivity index (χ1v) is 5.49. The van der Waals surface area contributed by atoms with Crippen molar-refractivity contribution in [3.8, 4) is 0 Å². The molecular weight excluding hydrogens is 272 g/mol. The number of rotatable bonds is 2. The molecule has 1 nitrogen and oxygen atoms in total. The lowest BCUT2D eigenvalue weighted by atomic mass is 9.90. The van der Waals surface area contributed by atoms with Crippen LogP contribution in [0.1, 0.15) is 36.6 Å². The molecule has 0 saturated heterocycles. The van der Waals surface area contributed by atoms with Gasteiger partial charge in [-0.25, -0.2) is 0 Å². The van der Waals surface area contributed by atoms with Crippen molar-refractivity contribution < 1.29 is 26.3 Å². The molecule has 7 heteroatoms. The molecule has 1 aromatic rings. The molecule has 0 fully saturated rings. The largest absolute Gasteiger partial charge is 0.417 e. The average molecular weight is 285 g/mol. The zero-order valence-corrected chi connectivity index (χ0v) is 10.2. The number of nitrogens with two attached hydrogens (primary N) is 1. The Morgan fingerprint density at radius 2 is 1.47 bits per heavy atom. The molecule has 0 spiro atoms. The molecule has 0 heterocycles. The Morgan fingerprint density at radius 1 is 0.947 bits per heavy atom. The van der Waals surface area contributed by atoms with Crippen LogP contribution in [0.3, 0.4) is 0 Å². The van der Waals surface area contributed by atoms with E-state index in [1.54, 1.807) is 13.8 Å². The highest BCUT2D eigenvalue weighted by molar-refractivity contribution is 5.41. The van der Waals surface area contributed by atoms with Crippen LogP contribution in [0.2, 0.25) is 0 Å². The van der Waals surface area contributed by atoms with Gasteiger partial charge < -0.3 is 5.73 Å². The van der Waals surface area contributed by atoms with Crippen LogP contribution in [0.5, 0.6) is 0 Å². The van der Waals surface area contributed by atoms with E-state index in [1.165, 1.54) is 0 Å². The first-order chi connectivity index (χ1) is 8.46. The smallest absolute Gasteiger partial charge is 0.324 e. The maximum absolute atomic E-state index is 12.9. The van der Waals surface area contributed by atoms with Gasteiger partial charge in [-0.15, -0.1) is 0 Å². The van der Waals surface area contributed by atoms with Gasteiger partial charge in [-0.3, -0.25) is 0 Å². The third-order valence-electron chi connectivity index (χ3n) is 2.76. The molecule has 0 amide bonds. The number of benzene rings is 1. The van der Waals surface area contributed by atoms with Gasteiger partial charge in [0, 0.05) is 6.04 Å². The van der Waals surface area contributed by atoms with Crippen molar-refractivity contribution in [3.63, 3.8) is 0 Å². The second-order valence-electron chi connectivity index (χ2n) is 4.54. The van der Waals surface area contributed by atoms with E-state index in [1.807, 2.05) is 0 Å². The van der Waals surface area contributed by atoms with Gasteiger partial charge in [0.05, 0.1) is 11.1 Å². The van der Waals surface area contributed by atoms with Gasteiger partial charge in [0.1, 0.15) is 0 Å². The lowest BCUT2D eigenvalue weighted by molar-refractivity contribution is -0.162. The minimum Gasteiger partial charge on any atom is -0.324 e. The van der Waals surface area contributed by atoms with E-state index >= 15 is 0 Å². The topological polar surface area (TPSA) is 26.0 Å². The maximum Gasteiger partial charge on any atom is 0.417 e. The molecule has 1 aromatic carbocycles. The molecule has 0 aromatic heterocycles. The highest BCUT2D eigenvalue weighted by Gasteiger charge is 2.45. The quantitative estimate of drug-likeness (QED) is 0.802. The third-order valence-corrected chi connectivity index (χ3v) is 2.76. The fourth-order valence-electron chi connectivity index (χ4n) is 1.76. The van der Waals surface area contributed by atoms with Crippen LogP contribution < -0.4 is 5.73 Å². The van der Waals surface area contributed by atoms with E-state index in [4.69, 9.17) is 5.73 Å². The summed E-state index contributed by atoms with van der Waals surface area (Å²) in [6.45, 7) is 3.09. The Hall–Kier alpha value is -1.24. The van der Waals surface area contributed by atoms with Crippen molar-refractivity contribution in [2.75, 3.05) is 0 Å².